The number of methoxy groups -OCH3 is 1. The van der Waals surface area contributed by atoms with Crippen molar-refractivity contribution >= 4 is 46.5 Å². The Labute approximate surface area is 302 Å². The lowest BCUT2D eigenvalue weighted by molar-refractivity contribution is -0.139. The lowest BCUT2D eigenvalue weighted by atomic mass is 10.0. The van der Waals surface area contributed by atoms with Crippen LogP contribution in [0.2, 0.25) is 0 Å². The first-order valence-corrected chi connectivity index (χ1v) is 17.6. The third-order valence-electron chi connectivity index (χ3n) is 9.62. The number of ether oxygens (including phenoxy) is 1. The smallest absolute Gasteiger partial charge is 0.407 e. The highest BCUT2D eigenvalue weighted by Crippen LogP contribution is 2.27. The van der Waals surface area contributed by atoms with Crippen LogP contribution < -0.4 is 16.0 Å². The van der Waals surface area contributed by atoms with Crippen LogP contribution in [0.15, 0.2) is 73.1 Å². The van der Waals surface area contributed by atoms with Crippen LogP contribution in [-0.2, 0) is 25.5 Å². The number of pyridine rings is 1. The molecule has 4 atom stereocenters. The standard InChI is InChI=1S/C38H44N8O6/c1-23(2)33(43-38(51)52-3)36(50)46-18-8-12-30(46)35(49)44-37-39-21-27(22-40-37)25-13-15-28-26(20-25)14-16-31(41-28)42-34(48)29-11-7-17-45(29)32(47)19-24-9-5-4-6-10-24/h4-6,9-10,13-16,20-23,29-30,33-34,48H,7-8,11-12,17-19H2,1-3H3,(H,41,42)(H,43,51)(H,39,40,44,49)/t29-,30-,33-,34?/m0/s1. The summed E-state index contributed by atoms with van der Waals surface area (Å²) in [6.45, 7) is 4.63. The van der Waals surface area contributed by atoms with Gasteiger partial charge in [-0.05, 0) is 67.0 Å². The number of amides is 4. The number of aromatic nitrogens is 3. The number of carbonyl (C=O) groups is 4. The van der Waals surface area contributed by atoms with Crippen LogP contribution in [0.1, 0.15) is 45.1 Å². The SMILES string of the molecule is COC(=O)N[C@H](C(=O)N1CCC[C@H]1C(=O)Nc1ncc(-c2ccc3nc(NC(O)[C@@H]4CCCN4C(=O)Cc4ccccc4)ccc3c2)cn1)C(C)C. The van der Waals surface area contributed by atoms with Gasteiger partial charge in [0, 0.05) is 36.4 Å². The van der Waals surface area contributed by atoms with Crippen molar-refractivity contribution in [2.45, 2.75) is 70.3 Å². The van der Waals surface area contributed by atoms with Gasteiger partial charge in [-0.2, -0.15) is 0 Å². The fourth-order valence-electron chi connectivity index (χ4n) is 6.85. The van der Waals surface area contributed by atoms with Crippen molar-refractivity contribution in [3.05, 3.63) is 78.6 Å². The minimum Gasteiger partial charge on any atom is -0.453 e. The Hall–Kier alpha value is -5.63. The molecule has 2 fully saturated rings. The summed E-state index contributed by atoms with van der Waals surface area (Å²) >= 11 is 0. The summed E-state index contributed by atoms with van der Waals surface area (Å²) in [5.41, 5.74) is 3.23. The first-order chi connectivity index (χ1) is 25.1. The molecular formula is C38H44N8O6. The van der Waals surface area contributed by atoms with Crippen LogP contribution in [0.3, 0.4) is 0 Å². The highest BCUT2D eigenvalue weighted by molar-refractivity contribution is 5.98. The molecule has 2 aromatic heterocycles. The molecule has 0 aliphatic carbocycles. The monoisotopic (exact) mass is 708 g/mol. The van der Waals surface area contributed by atoms with Crippen molar-refractivity contribution in [3.63, 3.8) is 0 Å². The molecule has 2 aliphatic heterocycles. The van der Waals surface area contributed by atoms with Crippen LogP contribution in [0.5, 0.6) is 0 Å². The molecule has 2 saturated heterocycles. The molecule has 0 saturated carbocycles. The van der Waals surface area contributed by atoms with E-state index < -0.39 is 30.3 Å². The molecule has 14 heteroatoms. The molecule has 4 heterocycles. The topological polar surface area (TPSA) is 179 Å². The van der Waals surface area contributed by atoms with Crippen molar-refractivity contribution < 1.29 is 29.0 Å². The summed E-state index contributed by atoms with van der Waals surface area (Å²) in [6.07, 6.45) is 4.49. The maximum Gasteiger partial charge on any atom is 0.407 e. The van der Waals surface area contributed by atoms with E-state index in [4.69, 9.17) is 4.98 Å². The van der Waals surface area contributed by atoms with E-state index in [2.05, 4.69) is 30.7 Å². The number of alkyl carbamates (subject to hydrolysis) is 1. The first-order valence-electron chi connectivity index (χ1n) is 17.6. The third kappa shape index (κ3) is 8.28. The molecular weight excluding hydrogens is 664 g/mol. The molecule has 4 amide bonds. The van der Waals surface area contributed by atoms with E-state index >= 15 is 0 Å². The van der Waals surface area contributed by atoms with Gasteiger partial charge in [-0.3, -0.25) is 19.7 Å². The van der Waals surface area contributed by atoms with E-state index in [-0.39, 0.29) is 29.7 Å². The van der Waals surface area contributed by atoms with Crippen molar-refractivity contribution in [3.8, 4) is 11.1 Å². The molecule has 0 radical (unpaired) electrons. The Morgan fingerprint density at radius 1 is 0.923 bits per heavy atom. The fraction of sp³-hybridized carbons (Fsp3) is 0.395. The minimum atomic E-state index is -0.972. The molecule has 4 N–H and O–H groups in total. The number of nitrogens with one attached hydrogen (secondary N) is 3. The molecule has 52 heavy (non-hydrogen) atoms. The number of hydrogen-bond donors (Lipinski definition) is 4. The van der Waals surface area contributed by atoms with Crippen molar-refractivity contribution in [2.24, 2.45) is 5.92 Å². The van der Waals surface area contributed by atoms with Crippen molar-refractivity contribution in [2.75, 3.05) is 30.8 Å². The molecule has 14 nitrogen and oxygen atoms in total. The number of rotatable bonds is 11. The molecule has 1 unspecified atom stereocenters. The Morgan fingerprint density at radius 2 is 1.65 bits per heavy atom. The highest BCUT2D eigenvalue weighted by atomic mass is 16.5. The molecule has 2 aromatic carbocycles. The predicted octanol–water partition coefficient (Wildman–Crippen LogP) is 3.97. The molecule has 4 aromatic rings. The Morgan fingerprint density at radius 3 is 2.38 bits per heavy atom. The van der Waals surface area contributed by atoms with Gasteiger partial charge in [0.15, 0.2) is 0 Å². The molecule has 2 aliphatic rings. The van der Waals surface area contributed by atoms with Crippen molar-refractivity contribution in [1.29, 1.82) is 0 Å². The number of fused-ring (bicyclic) bond motifs is 1. The maximum absolute atomic E-state index is 13.3. The summed E-state index contributed by atoms with van der Waals surface area (Å²) in [6, 6.07) is 17.1. The largest absolute Gasteiger partial charge is 0.453 e. The second-order valence-corrected chi connectivity index (χ2v) is 13.5. The second-order valence-electron chi connectivity index (χ2n) is 13.5. The summed E-state index contributed by atoms with van der Waals surface area (Å²) in [5.74, 6) is -0.343. The average molecular weight is 709 g/mol. The van der Waals surface area contributed by atoms with E-state index in [1.54, 1.807) is 23.4 Å². The summed E-state index contributed by atoms with van der Waals surface area (Å²) < 4.78 is 4.67. The quantitative estimate of drug-likeness (QED) is 0.167. The second kappa shape index (κ2) is 16.1. The maximum atomic E-state index is 13.3. The van der Waals surface area contributed by atoms with E-state index in [1.165, 1.54) is 12.0 Å². The van der Waals surface area contributed by atoms with Gasteiger partial charge < -0.3 is 30.3 Å². The zero-order valence-electron chi connectivity index (χ0n) is 29.5. The van der Waals surface area contributed by atoms with E-state index in [0.29, 0.717) is 50.1 Å². The van der Waals surface area contributed by atoms with Gasteiger partial charge in [-0.15, -0.1) is 0 Å². The predicted molar refractivity (Wildman–Crippen MR) is 195 cm³/mol. The normalized spacial score (nSPS) is 18.2. The number of nitrogens with zero attached hydrogens (tertiary/aromatic N) is 5. The molecule has 0 spiro atoms. The van der Waals surface area contributed by atoms with Crippen LogP contribution >= 0.6 is 0 Å². The lowest BCUT2D eigenvalue weighted by Crippen LogP contribution is -2.54. The summed E-state index contributed by atoms with van der Waals surface area (Å²) in [5, 5.41) is 20.4. The van der Waals surface area contributed by atoms with Gasteiger partial charge in [0.25, 0.3) is 0 Å². The number of aliphatic hydroxyl groups is 1. The Bertz CT molecular complexity index is 1910. The van der Waals surface area contributed by atoms with E-state index in [9.17, 15) is 24.3 Å². The zero-order valence-corrected chi connectivity index (χ0v) is 29.5. The van der Waals surface area contributed by atoms with Crippen LogP contribution in [-0.4, -0.2) is 98.2 Å². The first kappa shape index (κ1) is 36.2. The number of benzene rings is 2. The molecule has 6 rings (SSSR count). The molecule has 272 valence electrons. The number of carbonyl (C=O) groups excluding carboxylic acids is 4. The fourth-order valence-corrected chi connectivity index (χ4v) is 6.85. The Kier molecular flexibility index (Phi) is 11.2. The van der Waals surface area contributed by atoms with Gasteiger partial charge in [0.2, 0.25) is 23.7 Å². The van der Waals surface area contributed by atoms with Crippen molar-refractivity contribution in [1.82, 2.24) is 30.1 Å². The zero-order chi connectivity index (χ0) is 36.8. The van der Waals surface area contributed by atoms with Gasteiger partial charge in [0.05, 0.1) is 25.1 Å². The van der Waals surface area contributed by atoms with E-state index in [0.717, 1.165) is 28.5 Å². The highest BCUT2D eigenvalue weighted by Gasteiger charge is 2.39. The lowest BCUT2D eigenvalue weighted by Gasteiger charge is -2.30. The van der Waals surface area contributed by atoms with Gasteiger partial charge in [0.1, 0.15) is 24.1 Å². The van der Waals surface area contributed by atoms with Gasteiger partial charge >= 0.3 is 6.09 Å². The van der Waals surface area contributed by atoms with Gasteiger partial charge in [-0.1, -0.05) is 50.2 Å². The van der Waals surface area contributed by atoms with Crippen LogP contribution in [0.25, 0.3) is 22.0 Å². The summed E-state index contributed by atoms with van der Waals surface area (Å²) in [4.78, 5) is 68.1. The van der Waals surface area contributed by atoms with Crippen LogP contribution in [0.4, 0.5) is 16.6 Å². The Balaban J connectivity index is 1.06. The number of likely N-dealkylation sites (tertiary alicyclic amines) is 2. The molecule has 0 bridgehead atoms. The van der Waals surface area contributed by atoms with Crippen LogP contribution in [0, 0.1) is 5.92 Å². The number of aliphatic hydroxyl groups excluding tert-OH is 1. The number of hydrogen-bond acceptors (Lipinski definition) is 10. The van der Waals surface area contributed by atoms with E-state index in [1.807, 2.05) is 68.4 Å². The van der Waals surface area contributed by atoms with Gasteiger partial charge in [-0.25, -0.2) is 19.7 Å². The number of anilines is 2. The average Bonchev–Trinajstić information content (AvgIpc) is 3.85. The minimum absolute atomic E-state index is 0.00785. The summed E-state index contributed by atoms with van der Waals surface area (Å²) in [7, 11) is 1.23. The third-order valence-corrected chi connectivity index (χ3v) is 9.62.